The Labute approximate surface area is 164 Å². The topological polar surface area (TPSA) is 51.6 Å². The van der Waals surface area contributed by atoms with Crippen LogP contribution in [0.2, 0.25) is 0 Å². The first-order valence-corrected chi connectivity index (χ1v) is 9.34. The van der Waals surface area contributed by atoms with E-state index in [9.17, 15) is 9.50 Å². The molecule has 1 aliphatic heterocycles. The van der Waals surface area contributed by atoms with Crippen molar-refractivity contribution in [1.82, 2.24) is 9.88 Å². The van der Waals surface area contributed by atoms with Crippen LogP contribution in [0.25, 0.3) is 11.3 Å². The van der Waals surface area contributed by atoms with E-state index in [1.54, 1.807) is 24.3 Å². The quantitative estimate of drug-likeness (QED) is 0.670. The molecular formula is C22H23FN4O. The number of phenolic OH excluding ortho intramolecular Hbond substituents is 1. The van der Waals surface area contributed by atoms with E-state index in [1.165, 1.54) is 12.1 Å². The van der Waals surface area contributed by atoms with Gasteiger partial charge in [-0.05, 0) is 61.6 Å². The number of aromatic hydroxyl groups is 1. The van der Waals surface area contributed by atoms with Crippen LogP contribution in [0.5, 0.6) is 5.75 Å². The molecule has 0 atom stereocenters. The lowest BCUT2D eigenvalue weighted by Crippen LogP contribution is -2.44. The van der Waals surface area contributed by atoms with Crippen LogP contribution in [0.4, 0.5) is 21.6 Å². The van der Waals surface area contributed by atoms with Crippen LogP contribution >= 0.6 is 0 Å². The number of hydrogen-bond donors (Lipinski definition) is 2. The number of phenols is 1. The first-order chi connectivity index (χ1) is 13.6. The number of aromatic nitrogens is 1. The van der Waals surface area contributed by atoms with E-state index in [1.807, 2.05) is 24.3 Å². The van der Waals surface area contributed by atoms with Gasteiger partial charge in [0, 0.05) is 49.2 Å². The highest BCUT2D eigenvalue weighted by atomic mass is 19.1. The van der Waals surface area contributed by atoms with E-state index in [0.29, 0.717) is 0 Å². The third-order valence-corrected chi connectivity index (χ3v) is 4.94. The Kier molecular flexibility index (Phi) is 5.12. The molecule has 0 saturated carbocycles. The summed E-state index contributed by atoms with van der Waals surface area (Å²) in [5.74, 6) is 0.864. The Morgan fingerprint density at radius 1 is 0.893 bits per heavy atom. The molecule has 0 bridgehead atoms. The third kappa shape index (κ3) is 4.23. The minimum absolute atomic E-state index is 0.227. The number of benzene rings is 2. The number of piperazine rings is 1. The lowest BCUT2D eigenvalue weighted by atomic mass is 10.1. The Morgan fingerprint density at radius 3 is 2.25 bits per heavy atom. The maximum atomic E-state index is 13.3. The van der Waals surface area contributed by atoms with Crippen molar-refractivity contribution < 1.29 is 9.50 Å². The van der Waals surface area contributed by atoms with Gasteiger partial charge in [-0.2, -0.15) is 0 Å². The number of rotatable bonds is 4. The van der Waals surface area contributed by atoms with E-state index >= 15 is 0 Å². The molecule has 5 nitrogen and oxygen atoms in total. The molecule has 0 aliphatic carbocycles. The van der Waals surface area contributed by atoms with Crippen LogP contribution in [-0.4, -0.2) is 48.2 Å². The van der Waals surface area contributed by atoms with Crippen molar-refractivity contribution in [2.75, 3.05) is 43.4 Å². The van der Waals surface area contributed by atoms with E-state index in [-0.39, 0.29) is 11.6 Å². The standard InChI is InChI=1S/C22H23FN4O/c1-26-10-12-27(13-11-26)22-15-19(24-18-6-8-20(28)9-7-18)14-21(25-22)16-2-4-17(23)5-3-16/h2-9,14-15,28H,10-13H2,1H3,(H,24,25). The monoisotopic (exact) mass is 378 g/mol. The molecule has 2 aromatic carbocycles. The SMILES string of the molecule is CN1CCN(c2cc(Nc3ccc(O)cc3)cc(-c3ccc(F)cc3)n2)CC1. The van der Waals surface area contributed by atoms with Crippen molar-refractivity contribution in [2.24, 2.45) is 0 Å². The summed E-state index contributed by atoms with van der Waals surface area (Å²) in [6.07, 6.45) is 0. The molecule has 0 amide bonds. The van der Waals surface area contributed by atoms with Gasteiger partial charge in [-0.15, -0.1) is 0 Å². The molecule has 0 unspecified atom stereocenters. The Balaban J connectivity index is 1.69. The molecule has 1 saturated heterocycles. The molecule has 3 aromatic rings. The fourth-order valence-electron chi connectivity index (χ4n) is 3.27. The highest BCUT2D eigenvalue weighted by molar-refractivity contribution is 5.72. The maximum absolute atomic E-state index is 13.3. The number of likely N-dealkylation sites (N-methyl/N-ethyl adjacent to an activating group) is 1. The van der Waals surface area contributed by atoms with Gasteiger partial charge in [-0.25, -0.2) is 9.37 Å². The minimum Gasteiger partial charge on any atom is -0.508 e. The summed E-state index contributed by atoms with van der Waals surface area (Å²) in [7, 11) is 2.12. The summed E-state index contributed by atoms with van der Waals surface area (Å²) in [5.41, 5.74) is 3.43. The zero-order valence-corrected chi connectivity index (χ0v) is 15.8. The third-order valence-electron chi connectivity index (χ3n) is 4.94. The molecule has 28 heavy (non-hydrogen) atoms. The van der Waals surface area contributed by atoms with Gasteiger partial charge in [-0.3, -0.25) is 0 Å². The zero-order chi connectivity index (χ0) is 19.5. The summed E-state index contributed by atoms with van der Waals surface area (Å²) in [4.78, 5) is 9.42. The highest BCUT2D eigenvalue weighted by Gasteiger charge is 2.17. The first-order valence-electron chi connectivity index (χ1n) is 9.34. The number of nitrogens with one attached hydrogen (secondary N) is 1. The van der Waals surface area contributed by atoms with Gasteiger partial charge in [0.05, 0.1) is 5.69 Å². The molecule has 2 N–H and O–H groups in total. The van der Waals surface area contributed by atoms with Crippen LogP contribution < -0.4 is 10.2 Å². The fraction of sp³-hybridized carbons (Fsp3) is 0.227. The fourth-order valence-corrected chi connectivity index (χ4v) is 3.27. The molecule has 6 heteroatoms. The van der Waals surface area contributed by atoms with Crippen LogP contribution in [0.15, 0.2) is 60.7 Å². The molecule has 1 fully saturated rings. The Hall–Kier alpha value is -3.12. The molecule has 4 rings (SSSR count). The second kappa shape index (κ2) is 7.86. The largest absolute Gasteiger partial charge is 0.508 e. The summed E-state index contributed by atoms with van der Waals surface area (Å²) >= 11 is 0. The van der Waals surface area contributed by atoms with E-state index < -0.39 is 0 Å². The van der Waals surface area contributed by atoms with Gasteiger partial charge < -0.3 is 20.2 Å². The van der Waals surface area contributed by atoms with Gasteiger partial charge in [0.1, 0.15) is 17.4 Å². The van der Waals surface area contributed by atoms with Gasteiger partial charge in [-0.1, -0.05) is 0 Å². The number of anilines is 3. The van der Waals surface area contributed by atoms with Crippen molar-refractivity contribution in [1.29, 1.82) is 0 Å². The van der Waals surface area contributed by atoms with Crippen molar-refractivity contribution in [3.8, 4) is 17.0 Å². The number of pyridine rings is 1. The predicted molar refractivity (Wildman–Crippen MR) is 111 cm³/mol. The van der Waals surface area contributed by atoms with Crippen LogP contribution in [0, 0.1) is 5.82 Å². The number of hydrogen-bond acceptors (Lipinski definition) is 5. The Morgan fingerprint density at radius 2 is 1.57 bits per heavy atom. The predicted octanol–water partition coefficient (Wildman–Crippen LogP) is 4.09. The van der Waals surface area contributed by atoms with Crippen molar-refractivity contribution in [3.05, 3.63) is 66.5 Å². The second-order valence-corrected chi connectivity index (χ2v) is 7.07. The average Bonchev–Trinajstić information content (AvgIpc) is 2.71. The normalized spacial score (nSPS) is 14.9. The number of nitrogens with zero attached hydrogens (tertiary/aromatic N) is 3. The van der Waals surface area contributed by atoms with Gasteiger partial charge >= 0.3 is 0 Å². The lowest BCUT2D eigenvalue weighted by Gasteiger charge is -2.33. The molecule has 0 radical (unpaired) electrons. The van der Waals surface area contributed by atoms with Crippen LogP contribution in [-0.2, 0) is 0 Å². The smallest absolute Gasteiger partial charge is 0.131 e. The van der Waals surface area contributed by atoms with Crippen LogP contribution in [0.1, 0.15) is 0 Å². The minimum atomic E-state index is -0.263. The van der Waals surface area contributed by atoms with Gasteiger partial charge in [0.15, 0.2) is 0 Å². The van der Waals surface area contributed by atoms with E-state index in [2.05, 4.69) is 22.2 Å². The van der Waals surface area contributed by atoms with E-state index in [0.717, 1.165) is 54.6 Å². The molecule has 2 heterocycles. The summed E-state index contributed by atoms with van der Waals surface area (Å²) in [6.45, 7) is 3.80. The molecular weight excluding hydrogens is 355 g/mol. The van der Waals surface area contributed by atoms with Crippen molar-refractivity contribution in [2.45, 2.75) is 0 Å². The van der Waals surface area contributed by atoms with Crippen molar-refractivity contribution >= 4 is 17.2 Å². The van der Waals surface area contributed by atoms with Crippen LogP contribution in [0.3, 0.4) is 0 Å². The summed E-state index contributed by atoms with van der Waals surface area (Å²) in [5, 5.41) is 12.9. The summed E-state index contributed by atoms with van der Waals surface area (Å²) in [6, 6.07) is 17.3. The highest BCUT2D eigenvalue weighted by Crippen LogP contribution is 2.29. The molecule has 1 aromatic heterocycles. The lowest BCUT2D eigenvalue weighted by molar-refractivity contribution is 0.312. The second-order valence-electron chi connectivity index (χ2n) is 7.07. The van der Waals surface area contributed by atoms with Gasteiger partial charge in [0.25, 0.3) is 0 Å². The Bertz CT molecular complexity index is 936. The first kappa shape index (κ1) is 18.3. The van der Waals surface area contributed by atoms with E-state index in [4.69, 9.17) is 4.98 Å². The summed E-state index contributed by atoms with van der Waals surface area (Å²) < 4.78 is 13.3. The number of halogens is 1. The molecule has 144 valence electrons. The molecule has 1 aliphatic rings. The average molecular weight is 378 g/mol. The zero-order valence-electron chi connectivity index (χ0n) is 15.8. The maximum Gasteiger partial charge on any atom is 0.131 e. The molecule has 0 spiro atoms. The van der Waals surface area contributed by atoms with Gasteiger partial charge in [0.2, 0.25) is 0 Å². The van der Waals surface area contributed by atoms with Crippen molar-refractivity contribution in [3.63, 3.8) is 0 Å².